The topological polar surface area (TPSA) is 92.4 Å². The van der Waals surface area contributed by atoms with Crippen LogP contribution in [0.2, 0.25) is 0 Å². The number of nitrogens with one attached hydrogen (secondary N) is 1. The van der Waals surface area contributed by atoms with Crippen molar-refractivity contribution < 1.29 is 14.7 Å². The summed E-state index contributed by atoms with van der Waals surface area (Å²) in [4.78, 5) is 20.8. The van der Waals surface area contributed by atoms with Gasteiger partial charge in [-0.3, -0.25) is 10.5 Å². The van der Waals surface area contributed by atoms with Crippen molar-refractivity contribution in [2.75, 3.05) is 5.88 Å². The van der Waals surface area contributed by atoms with Gasteiger partial charge < -0.3 is 10.4 Å². The van der Waals surface area contributed by atoms with Gasteiger partial charge in [-0.05, 0) is 0 Å². The smallest absolute Gasteiger partial charge is 0.345 e. The molecule has 0 unspecified atom stereocenters. The molecule has 0 radical (unpaired) electrons. The predicted octanol–water partition coefficient (Wildman–Crippen LogP) is -0.899. The molecule has 6 heteroatoms. The molecule has 0 saturated heterocycles. The van der Waals surface area contributed by atoms with E-state index in [2.05, 4.69) is 0 Å². The van der Waals surface area contributed by atoms with Crippen molar-refractivity contribution >= 4 is 23.5 Å². The Bertz CT molecular complexity index is 185. The average Bonchev–Trinajstić information content (AvgIpc) is 1.86. The summed E-state index contributed by atoms with van der Waals surface area (Å²) in [6.07, 6.45) is 0. The zero-order chi connectivity index (χ0) is 9.07. The summed E-state index contributed by atoms with van der Waals surface area (Å²) in [6.45, 7) is 1.16. The van der Waals surface area contributed by atoms with E-state index in [1.807, 2.05) is 5.32 Å². The largest absolute Gasteiger partial charge is 0.478 e. The van der Waals surface area contributed by atoms with E-state index in [9.17, 15) is 9.59 Å². The Balaban J connectivity index is 4.34. The van der Waals surface area contributed by atoms with Gasteiger partial charge >= 0.3 is 5.97 Å². The van der Waals surface area contributed by atoms with Crippen LogP contribution in [0.25, 0.3) is 0 Å². The van der Waals surface area contributed by atoms with Crippen LogP contribution in [0, 0.1) is 0 Å². The summed E-state index contributed by atoms with van der Waals surface area (Å²) in [7, 11) is 0. The summed E-state index contributed by atoms with van der Waals surface area (Å²) >= 11 is 5.23. The lowest BCUT2D eigenvalue weighted by Crippen LogP contribution is -2.62. The van der Waals surface area contributed by atoms with E-state index in [0.717, 1.165) is 6.92 Å². The van der Waals surface area contributed by atoms with E-state index in [0.29, 0.717) is 0 Å². The minimum atomic E-state index is -1.85. The molecule has 0 bridgehead atoms. The van der Waals surface area contributed by atoms with Crippen molar-refractivity contribution in [1.82, 2.24) is 5.32 Å². The predicted molar refractivity (Wildman–Crippen MR) is 39.1 cm³/mol. The van der Waals surface area contributed by atoms with Crippen LogP contribution < -0.4 is 11.1 Å². The number of carbonyl (C=O) groups excluding carboxylic acids is 1. The molecule has 5 nitrogen and oxygen atoms in total. The first-order valence-electron chi connectivity index (χ1n) is 2.79. The number of amides is 1. The average molecular weight is 181 g/mol. The number of alkyl halides is 1. The normalized spacial score (nSPS) is 15.2. The number of nitrogens with two attached hydrogens (primary N) is 1. The Morgan fingerprint density at radius 2 is 2.18 bits per heavy atom. The molecule has 0 aromatic rings. The van der Waals surface area contributed by atoms with E-state index >= 15 is 0 Å². The van der Waals surface area contributed by atoms with Gasteiger partial charge in [-0.2, -0.15) is 0 Å². The van der Waals surface area contributed by atoms with Gasteiger partial charge in [-0.15, -0.1) is 11.6 Å². The molecule has 11 heavy (non-hydrogen) atoms. The van der Waals surface area contributed by atoms with E-state index in [4.69, 9.17) is 22.4 Å². The number of rotatable bonds is 3. The quantitative estimate of drug-likeness (QED) is 0.388. The Morgan fingerprint density at radius 1 is 1.73 bits per heavy atom. The van der Waals surface area contributed by atoms with Crippen LogP contribution in [0.1, 0.15) is 6.92 Å². The van der Waals surface area contributed by atoms with Crippen LogP contribution in [0.5, 0.6) is 0 Å². The zero-order valence-corrected chi connectivity index (χ0v) is 6.68. The summed E-state index contributed by atoms with van der Waals surface area (Å²) in [5.41, 5.74) is 3.32. The molecule has 0 aromatic carbocycles. The highest BCUT2D eigenvalue weighted by Gasteiger charge is 2.33. The molecule has 0 aromatic heterocycles. The Labute approximate surface area is 68.5 Å². The van der Waals surface area contributed by atoms with Crippen LogP contribution in [-0.2, 0) is 9.59 Å². The molecule has 0 heterocycles. The van der Waals surface area contributed by atoms with Crippen LogP contribution in [0.15, 0.2) is 0 Å². The summed E-state index contributed by atoms with van der Waals surface area (Å²) in [5.74, 6) is -2.26. The van der Waals surface area contributed by atoms with Crippen molar-refractivity contribution in [2.24, 2.45) is 5.73 Å². The highest BCUT2D eigenvalue weighted by Crippen LogP contribution is 1.98. The second kappa shape index (κ2) is 3.54. The molecule has 0 aliphatic rings. The van der Waals surface area contributed by atoms with Crippen LogP contribution in [-0.4, -0.2) is 28.5 Å². The fourth-order valence-corrected chi connectivity index (χ4v) is 0.639. The minimum absolute atomic E-state index is 0.373. The lowest BCUT2D eigenvalue weighted by Gasteiger charge is -2.21. The fraction of sp³-hybridized carbons (Fsp3) is 0.600. The molecule has 64 valence electrons. The third-order valence-corrected chi connectivity index (χ3v) is 1.41. The van der Waals surface area contributed by atoms with Gasteiger partial charge in [0.1, 0.15) is 0 Å². The highest BCUT2D eigenvalue weighted by atomic mass is 35.5. The van der Waals surface area contributed by atoms with E-state index < -0.39 is 17.5 Å². The number of hydrogen-bond acceptors (Lipinski definition) is 3. The van der Waals surface area contributed by atoms with Gasteiger partial charge in [0.2, 0.25) is 11.6 Å². The van der Waals surface area contributed by atoms with Crippen LogP contribution in [0.4, 0.5) is 0 Å². The number of carboxylic acid groups (broad SMARTS) is 1. The number of carbonyl (C=O) groups is 2. The maximum Gasteiger partial charge on any atom is 0.345 e. The van der Waals surface area contributed by atoms with Crippen molar-refractivity contribution in [3.05, 3.63) is 0 Å². The second-order valence-electron chi connectivity index (χ2n) is 2.09. The number of carboxylic acids is 1. The highest BCUT2D eigenvalue weighted by molar-refractivity contribution is 6.20. The van der Waals surface area contributed by atoms with E-state index in [-0.39, 0.29) is 5.88 Å². The molecule has 0 aliphatic carbocycles. The van der Waals surface area contributed by atoms with Gasteiger partial charge in [-0.25, -0.2) is 4.79 Å². The first-order valence-corrected chi connectivity index (χ1v) is 3.33. The molecule has 0 rings (SSSR count). The molecule has 4 N–H and O–H groups in total. The van der Waals surface area contributed by atoms with Gasteiger partial charge in [-0.1, -0.05) is 0 Å². The first kappa shape index (κ1) is 10.2. The van der Waals surface area contributed by atoms with Crippen LogP contribution in [0.3, 0.4) is 0 Å². The Hall–Kier alpha value is -0.810. The summed E-state index contributed by atoms with van der Waals surface area (Å²) in [5, 5.41) is 10.5. The third-order valence-electron chi connectivity index (χ3n) is 0.992. The monoisotopic (exact) mass is 180 g/mol. The third kappa shape index (κ3) is 2.73. The summed E-state index contributed by atoms with van der Waals surface area (Å²) < 4.78 is 0. The molecular weight excluding hydrogens is 172 g/mol. The Kier molecular flexibility index (Phi) is 3.28. The van der Waals surface area contributed by atoms with Gasteiger partial charge in [0.25, 0.3) is 0 Å². The lowest BCUT2D eigenvalue weighted by molar-refractivity contribution is -0.146. The SMILES string of the molecule is CC(=O)N[C@](N)(CCl)C(=O)O. The van der Waals surface area contributed by atoms with Crippen LogP contribution >= 0.6 is 11.6 Å². The standard InChI is InChI=1S/C5H9ClN2O3/c1-3(9)8-5(7,2-6)4(10)11/h2,7H2,1H3,(H,8,9)(H,10,11)/t5-/m1/s1. The van der Waals surface area contributed by atoms with Gasteiger partial charge in [0.05, 0.1) is 5.88 Å². The molecule has 1 amide bonds. The zero-order valence-electron chi connectivity index (χ0n) is 5.93. The Morgan fingerprint density at radius 3 is 2.27 bits per heavy atom. The van der Waals surface area contributed by atoms with Crippen molar-refractivity contribution in [3.63, 3.8) is 0 Å². The molecule has 0 fully saturated rings. The molecule has 0 spiro atoms. The molecular formula is C5H9ClN2O3. The first-order chi connectivity index (χ1) is 4.92. The molecule has 0 aliphatic heterocycles. The van der Waals surface area contributed by atoms with E-state index in [1.165, 1.54) is 0 Å². The maximum atomic E-state index is 10.4. The minimum Gasteiger partial charge on any atom is -0.478 e. The van der Waals surface area contributed by atoms with E-state index in [1.54, 1.807) is 0 Å². The second-order valence-corrected chi connectivity index (χ2v) is 2.36. The van der Waals surface area contributed by atoms with Crippen molar-refractivity contribution in [3.8, 4) is 0 Å². The van der Waals surface area contributed by atoms with Gasteiger partial charge in [0.15, 0.2) is 0 Å². The fourth-order valence-electron chi connectivity index (χ4n) is 0.458. The van der Waals surface area contributed by atoms with Crippen molar-refractivity contribution in [2.45, 2.75) is 12.6 Å². The van der Waals surface area contributed by atoms with Gasteiger partial charge in [0, 0.05) is 6.92 Å². The number of halogens is 1. The number of hydrogen-bond donors (Lipinski definition) is 3. The maximum absolute atomic E-state index is 10.4. The summed E-state index contributed by atoms with van der Waals surface area (Å²) in [6, 6.07) is 0. The number of aliphatic carboxylic acids is 1. The van der Waals surface area contributed by atoms with Crippen molar-refractivity contribution in [1.29, 1.82) is 0 Å². The molecule has 1 atom stereocenters. The molecule has 0 saturated carbocycles. The lowest BCUT2D eigenvalue weighted by atomic mass is 10.2.